The first-order valence-electron chi connectivity index (χ1n) is 6.45. The number of nitrogens with one attached hydrogen (secondary N) is 1. The van der Waals surface area contributed by atoms with Crippen LogP contribution in [0.2, 0.25) is 5.02 Å². The molecule has 2 aromatic rings. The number of para-hydroxylation sites is 1. The number of amides is 1. The Kier molecular flexibility index (Phi) is 4.14. The molecular weight excluding hydrogens is 274 g/mol. The van der Waals surface area contributed by atoms with Crippen LogP contribution in [0.1, 0.15) is 22.5 Å². The zero-order chi connectivity index (χ0) is 14.9. The first-order valence-corrected chi connectivity index (χ1v) is 6.83. The number of hydrogen-bond acceptors (Lipinski definition) is 2. The first kappa shape index (κ1) is 14.6. The van der Waals surface area contributed by atoms with Gasteiger partial charge in [-0.15, -0.1) is 0 Å². The summed E-state index contributed by atoms with van der Waals surface area (Å²) in [5, 5.41) is 7.82. The lowest BCUT2D eigenvalue weighted by Crippen LogP contribution is -2.21. The summed E-state index contributed by atoms with van der Waals surface area (Å²) < 4.78 is 1.63. The van der Waals surface area contributed by atoms with Crippen LogP contribution >= 0.6 is 11.6 Å². The average molecular weight is 292 g/mol. The molecule has 0 aliphatic carbocycles. The lowest BCUT2D eigenvalue weighted by atomic mass is 10.1. The molecule has 1 amide bonds. The molecule has 0 unspecified atom stereocenters. The molecule has 0 bridgehead atoms. The molecule has 106 valence electrons. The van der Waals surface area contributed by atoms with Gasteiger partial charge in [-0.2, -0.15) is 5.10 Å². The van der Waals surface area contributed by atoms with Crippen molar-refractivity contribution in [2.24, 2.45) is 0 Å². The Morgan fingerprint density at radius 2 is 1.85 bits per heavy atom. The van der Waals surface area contributed by atoms with E-state index in [4.69, 9.17) is 11.6 Å². The summed E-state index contributed by atoms with van der Waals surface area (Å²) in [6.07, 6.45) is 0. The van der Waals surface area contributed by atoms with E-state index in [1.807, 2.05) is 45.9 Å². The molecule has 0 fully saturated rings. The topological polar surface area (TPSA) is 46.9 Å². The van der Waals surface area contributed by atoms with Crippen LogP contribution in [0.4, 0.5) is 5.69 Å². The summed E-state index contributed by atoms with van der Waals surface area (Å²) in [6.45, 7) is 7.79. The highest BCUT2D eigenvalue weighted by atomic mass is 35.5. The first-order chi connectivity index (χ1) is 9.40. The summed E-state index contributed by atoms with van der Waals surface area (Å²) in [5.41, 5.74) is 4.50. The second-order valence-corrected chi connectivity index (χ2v) is 5.34. The molecule has 0 atom stereocenters. The van der Waals surface area contributed by atoms with E-state index in [0.29, 0.717) is 5.02 Å². The van der Waals surface area contributed by atoms with Gasteiger partial charge < -0.3 is 5.32 Å². The van der Waals surface area contributed by atoms with Crippen molar-refractivity contribution < 1.29 is 4.79 Å². The standard InChI is InChI=1S/C15H18ClN3O/c1-9-6-5-7-10(2)15(9)17-13(20)8-19-12(4)14(16)11(3)18-19/h5-7H,8H2,1-4H3,(H,17,20). The molecule has 0 radical (unpaired) electrons. The van der Waals surface area contributed by atoms with Crippen LogP contribution < -0.4 is 5.32 Å². The van der Waals surface area contributed by atoms with E-state index in [9.17, 15) is 4.79 Å². The lowest BCUT2D eigenvalue weighted by Gasteiger charge is -2.12. The Balaban J connectivity index is 2.15. The molecule has 0 saturated carbocycles. The number of halogens is 1. The quantitative estimate of drug-likeness (QED) is 0.942. The van der Waals surface area contributed by atoms with Gasteiger partial charge in [-0.05, 0) is 38.8 Å². The van der Waals surface area contributed by atoms with E-state index in [1.54, 1.807) is 4.68 Å². The molecule has 0 spiro atoms. The van der Waals surface area contributed by atoms with Gasteiger partial charge in [0.25, 0.3) is 0 Å². The maximum atomic E-state index is 12.1. The van der Waals surface area contributed by atoms with Crippen molar-refractivity contribution in [1.29, 1.82) is 0 Å². The van der Waals surface area contributed by atoms with Crippen molar-refractivity contribution in [3.05, 3.63) is 45.7 Å². The van der Waals surface area contributed by atoms with Crippen LogP contribution in [-0.2, 0) is 11.3 Å². The number of rotatable bonds is 3. The number of aromatic nitrogens is 2. The van der Waals surface area contributed by atoms with Crippen LogP contribution in [0.25, 0.3) is 0 Å². The Bertz CT molecular complexity index is 641. The summed E-state index contributed by atoms with van der Waals surface area (Å²) in [6, 6.07) is 5.92. The summed E-state index contributed by atoms with van der Waals surface area (Å²) in [4.78, 5) is 12.1. The zero-order valence-electron chi connectivity index (χ0n) is 12.1. The van der Waals surface area contributed by atoms with E-state index in [1.165, 1.54) is 0 Å². The Hall–Kier alpha value is -1.81. The minimum Gasteiger partial charge on any atom is -0.324 e. The van der Waals surface area contributed by atoms with Gasteiger partial charge in [0.15, 0.2) is 0 Å². The van der Waals surface area contributed by atoms with Gasteiger partial charge >= 0.3 is 0 Å². The Morgan fingerprint density at radius 3 is 2.35 bits per heavy atom. The number of benzene rings is 1. The van der Waals surface area contributed by atoms with Crippen molar-refractivity contribution in [1.82, 2.24) is 9.78 Å². The Morgan fingerprint density at radius 1 is 1.25 bits per heavy atom. The minimum absolute atomic E-state index is 0.107. The molecule has 1 N–H and O–H groups in total. The van der Waals surface area contributed by atoms with Gasteiger partial charge in [-0.3, -0.25) is 9.48 Å². The second kappa shape index (κ2) is 5.67. The molecule has 20 heavy (non-hydrogen) atoms. The van der Waals surface area contributed by atoms with Crippen LogP contribution in [0.15, 0.2) is 18.2 Å². The number of hydrogen-bond donors (Lipinski definition) is 1. The van der Waals surface area contributed by atoms with E-state index < -0.39 is 0 Å². The number of carbonyl (C=O) groups is 1. The third kappa shape index (κ3) is 2.85. The van der Waals surface area contributed by atoms with E-state index in [0.717, 1.165) is 28.2 Å². The maximum Gasteiger partial charge on any atom is 0.246 e. The molecule has 1 aromatic carbocycles. The zero-order valence-corrected chi connectivity index (χ0v) is 12.9. The smallest absolute Gasteiger partial charge is 0.246 e. The predicted molar refractivity (Wildman–Crippen MR) is 81.3 cm³/mol. The third-order valence-electron chi connectivity index (χ3n) is 3.33. The normalized spacial score (nSPS) is 10.7. The highest BCUT2D eigenvalue weighted by Gasteiger charge is 2.13. The number of nitrogens with zero attached hydrogens (tertiary/aromatic N) is 2. The number of anilines is 1. The second-order valence-electron chi connectivity index (χ2n) is 4.96. The molecule has 1 aromatic heterocycles. The van der Waals surface area contributed by atoms with Crippen LogP contribution in [0.3, 0.4) is 0 Å². The molecular formula is C15H18ClN3O. The average Bonchev–Trinajstić information content (AvgIpc) is 2.62. The molecule has 5 heteroatoms. The third-order valence-corrected chi connectivity index (χ3v) is 3.88. The van der Waals surface area contributed by atoms with Crippen molar-refractivity contribution >= 4 is 23.2 Å². The highest BCUT2D eigenvalue weighted by Crippen LogP contribution is 2.21. The van der Waals surface area contributed by atoms with Gasteiger partial charge in [0.1, 0.15) is 6.54 Å². The SMILES string of the molecule is Cc1cccc(C)c1NC(=O)Cn1nc(C)c(Cl)c1C. The fourth-order valence-corrected chi connectivity index (χ4v) is 2.29. The van der Waals surface area contributed by atoms with Gasteiger partial charge in [0.05, 0.1) is 16.4 Å². The minimum atomic E-state index is -0.107. The monoisotopic (exact) mass is 291 g/mol. The predicted octanol–water partition coefficient (Wildman–Crippen LogP) is 3.41. The molecule has 0 aliphatic rings. The van der Waals surface area contributed by atoms with Crippen LogP contribution in [0.5, 0.6) is 0 Å². The van der Waals surface area contributed by atoms with Crippen LogP contribution in [-0.4, -0.2) is 15.7 Å². The molecule has 1 heterocycles. The summed E-state index contributed by atoms with van der Waals surface area (Å²) >= 11 is 6.08. The number of carbonyl (C=O) groups excluding carboxylic acids is 1. The highest BCUT2D eigenvalue weighted by molar-refractivity contribution is 6.31. The fourth-order valence-electron chi connectivity index (χ4n) is 2.16. The fraction of sp³-hybridized carbons (Fsp3) is 0.333. The van der Waals surface area contributed by atoms with Crippen molar-refractivity contribution in [3.8, 4) is 0 Å². The molecule has 0 aliphatic heterocycles. The van der Waals surface area contributed by atoms with Crippen LogP contribution in [0, 0.1) is 27.7 Å². The maximum absolute atomic E-state index is 12.1. The van der Waals surface area contributed by atoms with Crippen molar-refractivity contribution in [2.45, 2.75) is 34.2 Å². The van der Waals surface area contributed by atoms with Crippen molar-refractivity contribution in [3.63, 3.8) is 0 Å². The van der Waals surface area contributed by atoms with E-state index >= 15 is 0 Å². The molecule has 2 rings (SSSR count). The van der Waals surface area contributed by atoms with Gasteiger partial charge in [-0.25, -0.2) is 0 Å². The number of aryl methyl sites for hydroxylation is 3. The molecule has 0 saturated heterocycles. The van der Waals surface area contributed by atoms with E-state index in [2.05, 4.69) is 10.4 Å². The molecule has 4 nitrogen and oxygen atoms in total. The summed E-state index contributed by atoms with van der Waals surface area (Å²) in [5.74, 6) is -0.107. The van der Waals surface area contributed by atoms with E-state index in [-0.39, 0.29) is 12.5 Å². The van der Waals surface area contributed by atoms with Crippen molar-refractivity contribution in [2.75, 3.05) is 5.32 Å². The van der Waals surface area contributed by atoms with Gasteiger partial charge in [0, 0.05) is 5.69 Å². The van der Waals surface area contributed by atoms with Gasteiger partial charge in [-0.1, -0.05) is 29.8 Å². The van der Waals surface area contributed by atoms with Gasteiger partial charge in [0.2, 0.25) is 5.91 Å². The lowest BCUT2D eigenvalue weighted by molar-refractivity contribution is -0.116. The Labute approximate surface area is 123 Å². The summed E-state index contributed by atoms with van der Waals surface area (Å²) in [7, 11) is 0. The largest absolute Gasteiger partial charge is 0.324 e.